The highest BCUT2D eigenvalue weighted by atomic mass is 79.9. The maximum absolute atomic E-state index is 12.4. The van der Waals surface area contributed by atoms with Crippen LogP contribution in [0.3, 0.4) is 0 Å². The average Bonchev–Trinajstić information content (AvgIpc) is 2.25. The van der Waals surface area contributed by atoms with Gasteiger partial charge in [0.1, 0.15) is 5.78 Å². The Morgan fingerprint density at radius 2 is 2.05 bits per heavy atom. The summed E-state index contributed by atoms with van der Waals surface area (Å²) in [6.07, 6.45) is 0. The third-order valence-corrected chi connectivity index (χ3v) is 4.01. The van der Waals surface area contributed by atoms with Gasteiger partial charge in [-0.25, -0.2) is 0 Å². The molecule has 1 atom stereocenters. The van der Waals surface area contributed by atoms with Gasteiger partial charge in [-0.2, -0.15) is 13.2 Å². The Labute approximate surface area is 118 Å². The molecular formula is C10H7BrF3NO3S. The van der Waals surface area contributed by atoms with E-state index in [1.165, 1.54) is 6.92 Å². The highest BCUT2D eigenvalue weighted by Crippen LogP contribution is 2.43. The number of hydrogen-bond acceptors (Lipinski definition) is 4. The van der Waals surface area contributed by atoms with Gasteiger partial charge < -0.3 is 0 Å². The van der Waals surface area contributed by atoms with Gasteiger partial charge in [0.05, 0.1) is 9.75 Å². The van der Waals surface area contributed by atoms with Gasteiger partial charge in [-0.1, -0.05) is 15.9 Å². The number of rotatable bonds is 4. The van der Waals surface area contributed by atoms with Crippen LogP contribution in [-0.4, -0.2) is 16.2 Å². The monoisotopic (exact) mass is 357 g/mol. The molecule has 4 nitrogen and oxygen atoms in total. The summed E-state index contributed by atoms with van der Waals surface area (Å²) < 4.78 is 37.2. The van der Waals surface area contributed by atoms with Crippen molar-refractivity contribution < 1.29 is 22.9 Å². The van der Waals surface area contributed by atoms with Crippen molar-refractivity contribution >= 4 is 39.2 Å². The number of alkyl halides is 4. The van der Waals surface area contributed by atoms with Crippen LogP contribution in [0.15, 0.2) is 23.1 Å². The van der Waals surface area contributed by atoms with Crippen LogP contribution in [0.4, 0.5) is 18.9 Å². The van der Waals surface area contributed by atoms with E-state index in [4.69, 9.17) is 0 Å². The number of carbonyl (C=O) groups excluding carboxylic acids is 1. The third kappa shape index (κ3) is 4.50. The summed E-state index contributed by atoms with van der Waals surface area (Å²) in [6.45, 7) is 1.21. The van der Waals surface area contributed by atoms with Gasteiger partial charge in [-0.15, -0.1) is 0 Å². The van der Waals surface area contributed by atoms with Gasteiger partial charge in [-0.05, 0) is 30.3 Å². The van der Waals surface area contributed by atoms with Gasteiger partial charge in [0.25, 0.3) is 5.69 Å². The highest BCUT2D eigenvalue weighted by Gasteiger charge is 2.32. The Morgan fingerprint density at radius 3 is 2.47 bits per heavy atom. The van der Waals surface area contributed by atoms with Crippen LogP contribution in [-0.2, 0) is 4.79 Å². The molecule has 0 aliphatic carbocycles. The van der Waals surface area contributed by atoms with E-state index in [-0.39, 0.29) is 10.5 Å². The minimum atomic E-state index is -4.59. The maximum Gasteiger partial charge on any atom is 0.446 e. The Balaban J connectivity index is 3.30. The average molecular weight is 358 g/mol. The number of benzene rings is 1. The molecule has 9 heteroatoms. The van der Waals surface area contributed by atoms with Crippen LogP contribution >= 0.6 is 27.7 Å². The van der Waals surface area contributed by atoms with Crippen molar-refractivity contribution in [3.05, 3.63) is 33.9 Å². The van der Waals surface area contributed by atoms with Crippen molar-refractivity contribution in [3.8, 4) is 0 Å². The molecule has 1 rings (SSSR count). The highest BCUT2D eigenvalue weighted by molar-refractivity contribution is 9.09. The van der Waals surface area contributed by atoms with E-state index in [0.717, 1.165) is 18.2 Å². The molecule has 0 bridgehead atoms. The van der Waals surface area contributed by atoms with E-state index in [1.54, 1.807) is 0 Å². The minimum Gasteiger partial charge on any atom is -0.298 e. The van der Waals surface area contributed by atoms with Crippen LogP contribution < -0.4 is 0 Å². The lowest BCUT2D eigenvalue weighted by atomic mass is 10.1. The lowest BCUT2D eigenvalue weighted by Crippen LogP contribution is -2.06. The van der Waals surface area contributed by atoms with Gasteiger partial charge in [-0.3, -0.25) is 14.9 Å². The maximum atomic E-state index is 12.4. The van der Waals surface area contributed by atoms with E-state index >= 15 is 0 Å². The van der Waals surface area contributed by atoms with Crippen molar-refractivity contribution in [2.75, 3.05) is 0 Å². The first-order valence-corrected chi connectivity index (χ1v) is 6.53. The summed E-state index contributed by atoms with van der Waals surface area (Å²) in [4.78, 5) is 19.7. The number of Topliss-reactive ketones (excluding diaryl/α,β-unsaturated/α-hetero) is 1. The van der Waals surface area contributed by atoms with E-state index in [1.807, 2.05) is 0 Å². The molecule has 1 unspecified atom stereocenters. The molecule has 0 aromatic heterocycles. The summed E-state index contributed by atoms with van der Waals surface area (Å²) in [5, 5.41) is 10.6. The molecule has 104 valence electrons. The van der Waals surface area contributed by atoms with Gasteiger partial charge in [0, 0.05) is 17.0 Å². The zero-order chi connectivity index (χ0) is 14.8. The fraction of sp³-hybridized carbons (Fsp3) is 0.300. The number of hydrogen-bond donors (Lipinski definition) is 0. The largest absolute Gasteiger partial charge is 0.446 e. The van der Waals surface area contributed by atoms with E-state index in [2.05, 4.69) is 15.9 Å². The van der Waals surface area contributed by atoms with Crippen LogP contribution in [0, 0.1) is 10.1 Å². The quantitative estimate of drug-likeness (QED) is 0.350. The Hall–Kier alpha value is -1.09. The number of nitrogens with zero attached hydrogens (tertiary/aromatic N) is 1. The third-order valence-electron chi connectivity index (χ3n) is 2.06. The second-order valence-electron chi connectivity index (χ2n) is 3.50. The topological polar surface area (TPSA) is 60.2 Å². The molecular weight excluding hydrogens is 351 g/mol. The van der Waals surface area contributed by atoms with Crippen molar-refractivity contribution in [1.82, 2.24) is 0 Å². The van der Waals surface area contributed by atoms with Crippen LogP contribution in [0.5, 0.6) is 0 Å². The molecule has 1 aromatic carbocycles. The van der Waals surface area contributed by atoms with Crippen molar-refractivity contribution in [2.45, 2.75) is 22.2 Å². The zero-order valence-corrected chi connectivity index (χ0v) is 11.8. The van der Waals surface area contributed by atoms with E-state index < -0.39 is 38.5 Å². The van der Waals surface area contributed by atoms with Crippen LogP contribution in [0.1, 0.15) is 17.3 Å². The first-order valence-electron chi connectivity index (χ1n) is 4.80. The molecule has 0 aliphatic heterocycles. The standard InChI is InChI=1S/C10H7BrF3NO3S/c1-5(16)9(11)7-3-2-6(15(17)18)4-8(7)19-10(12,13)14/h2-4,9H,1H3. The second-order valence-corrected chi connectivity index (χ2v) is 5.52. The molecule has 0 radical (unpaired) electrons. The molecule has 0 saturated carbocycles. The Bertz CT molecular complexity index is 521. The number of nitro benzene ring substituents is 1. The fourth-order valence-electron chi connectivity index (χ4n) is 1.28. The summed E-state index contributed by atoms with van der Waals surface area (Å²) in [6, 6.07) is 3.02. The summed E-state index contributed by atoms with van der Waals surface area (Å²) >= 11 is 2.49. The fourth-order valence-corrected chi connectivity index (χ4v) is 2.56. The summed E-state index contributed by atoms with van der Waals surface area (Å²) in [7, 11) is 0. The number of nitro groups is 1. The van der Waals surface area contributed by atoms with Gasteiger partial charge in [0.15, 0.2) is 0 Å². The molecule has 1 aromatic rings. The molecule has 0 aliphatic rings. The second kappa shape index (κ2) is 5.91. The predicted molar refractivity (Wildman–Crippen MR) is 67.4 cm³/mol. The number of non-ortho nitro benzene ring substituents is 1. The minimum absolute atomic E-state index is 0.0559. The van der Waals surface area contributed by atoms with E-state index in [9.17, 15) is 28.1 Å². The van der Waals surface area contributed by atoms with Crippen molar-refractivity contribution in [1.29, 1.82) is 0 Å². The molecule has 19 heavy (non-hydrogen) atoms. The first kappa shape index (κ1) is 16.0. The van der Waals surface area contributed by atoms with Crippen molar-refractivity contribution in [3.63, 3.8) is 0 Å². The molecule has 0 amide bonds. The van der Waals surface area contributed by atoms with Crippen molar-refractivity contribution in [2.24, 2.45) is 0 Å². The molecule has 0 N–H and O–H groups in total. The zero-order valence-electron chi connectivity index (χ0n) is 9.40. The first-order chi connectivity index (χ1) is 8.61. The van der Waals surface area contributed by atoms with Gasteiger partial charge in [0.2, 0.25) is 0 Å². The summed E-state index contributed by atoms with van der Waals surface area (Å²) in [5.74, 6) is -0.391. The number of carbonyl (C=O) groups is 1. The van der Waals surface area contributed by atoms with E-state index in [0.29, 0.717) is 0 Å². The molecule has 0 saturated heterocycles. The molecule has 0 spiro atoms. The molecule has 0 fully saturated rings. The SMILES string of the molecule is CC(=O)C(Br)c1ccc([N+](=O)[O-])cc1SC(F)(F)F. The Kier molecular flexibility index (Phi) is 4.97. The number of thioether (sulfide) groups is 1. The Morgan fingerprint density at radius 1 is 1.47 bits per heavy atom. The smallest absolute Gasteiger partial charge is 0.298 e. The number of ketones is 1. The number of halogens is 4. The normalized spacial score (nSPS) is 13.1. The lowest BCUT2D eigenvalue weighted by Gasteiger charge is -2.13. The van der Waals surface area contributed by atoms with Gasteiger partial charge >= 0.3 is 5.51 Å². The lowest BCUT2D eigenvalue weighted by molar-refractivity contribution is -0.385. The van der Waals surface area contributed by atoms with Crippen LogP contribution in [0.2, 0.25) is 0 Å². The predicted octanol–water partition coefficient (Wildman–Crippen LogP) is 4.23. The van der Waals surface area contributed by atoms with Crippen LogP contribution in [0.25, 0.3) is 0 Å². The summed E-state index contributed by atoms with van der Waals surface area (Å²) in [5.41, 5.74) is -4.99. The molecule has 0 heterocycles.